The summed E-state index contributed by atoms with van der Waals surface area (Å²) < 4.78 is 1.10. The molecule has 0 saturated heterocycles. The fraction of sp³-hybridized carbons (Fsp3) is 0.486. The van der Waals surface area contributed by atoms with Crippen LogP contribution >= 0.6 is 0 Å². The van der Waals surface area contributed by atoms with E-state index in [0.29, 0.717) is 17.8 Å². The topological polar surface area (TPSA) is 0 Å². The van der Waals surface area contributed by atoms with Crippen molar-refractivity contribution in [2.45, 2.75) is 91.0 Å². The molecule has 0 amide bonds. The molecule has 0 bridgehead atoms. The number of aryl methyl sites for hydroxylation is 1. The van der Waals surface area contributed by atoms with E-state index in [1.54, 1.807) is 0 Å². The number of rotatable bonds is 14. The molecule has 3 aromatic carbocycles. The van der Waals surface area contributed by atoms with Crippen molar-refractivity contribution < 1.29 is 4.48 Å². The van der Waals surface area contributed by atoms with Gasteiger partial charge < -0.3 is 4.48 Å². The van der Waals surface area contributed by atoms with E-state index in [0.717, 1.165) is 17.4 Å². The molecule has 1 nitrogen and oxygen atoms in total. The Morgan fingerprint density at radius 1 is 0.611 bits per heavy atom. The highest BCUT2D eigenvalue weighted by Gasteiger charge is 2.21. The van der Waals surface area contributed by atoms with Crippen LogP contribution in [0.2, 0.25) is 0 Å². The summed E-state index contributed by atoms with van der Waals surface area (Å²) in [7, 11) is 2.37. The summed E-state index contributed by atoms with van der Waals surface area (Å²) >= 11 is 0. The molecule has 0 spiro atoms. The monoisotopic (exact) mass is 484 g/mol. The molecule has 3 atom stereocenters. The predicted octanol–water partition coefficient (Wildman–Crippen LogP) is 9.49. The summed E-state index contributed by atoms with van der Waals surface area (Å²) in [6.07, 6.45) is 5.93. The third kappa shape index (κ3) is 7.81. The van der Waals surface area contributed by atoms with Crippen LogP contribution in [-0.2, 0) is 13.0 Å². The van der Waals surface area contributed by atoms with Crippen molar-refractivity contribution in [3.8, 4) is 0 Å². The summed E-state index contributed by atoms with van der Waals surface area (Å²) in [6, 6.07) is 30.2. The van der Waals surface area contributed by atoms with Gasteiger partial charge in [0.15, 0.2) is 0 Å². The largest absolute Gasteiger partial charge is 0.323 e. The van der Waals surface area contributed by atoms with Gasteiger partial charge in [-0.3, -0.25) is 0 Å². The molecule has 0 N–H and O–H groups in total. The first kappa shape index (κ1) is 28.2. The lowest BCUT2D eigenvalue weighted by atomic mass is 9.80. The van der Waals surface area contributed by atoms with Gasteiger partial charge in [0.25, 0.3) is 0 Å². The van der Waals surface area contributed by atoms with Crippen LogP contribution in [0, 0.1) is 0 Å². The minimum atomic E-state index is 0.566. The fourth-order valence-electron chi connectivity index (χ4n) is 5.40. The molecule has 3 aromatic rings. The van der Waals surface area contributed by atoms with E-state index in [-0.39, 0.29) is 0 Å². The Morgan fingerprint density at radius 3 is 1.72 bits per heavy atom. The lowest BCUT2D eigenvalue weighted by Crippen LogP contribution is -2.42. The van der Waals surface area contributed by atoms with Gasteiger partial charge in [-0.2, -0.15) is 0 Å². The van der Waals surface area contributed by atoms with Gasteiger partial charge in [0, 0.05) is 5.56 Å². The van der Waals surface area contributed by atoms with Crippen molar-refractivity contribution in [2.24, 2.45) is 0 Å². The molecule has 3 rings (SSSR count). The highest BCUT2D eigenvalue weighted by molar-refractivity contribution is 5.29. The van der Waals surface area contributed by atoms with Crippen LogP contribution in [0.3, 0.4) is 0 Å². The maximum absolute atomic E-state index is 2.43. The van der Waals surface area contributed by atoms with Crippen molar-refractivity contribution in [2.75, 3.05) is 20.1 Å². The average Bonchev–Trinajstić information content (AvgIpc) is 2.94. The molecule has 194 valence electrons. The highest BCUT2D eigenvalue weighted by atomic mass is 15.3. The zero-order valence-corrected chi connectivity index (χ0v) is 23.8. The fourth-order valence-corrected chi connectivity index (χ4v) is 5.40. The van der Waals surface area contributed by atoms with Crippen molar-refractivity contribution in [3.63, 3.8) is 0 Å². The Kier molecular flexibility index (Phi) is 10.8. The Morgan fingerprint density at radius 2 is 1.17 bits per heavy atom. The molecule has 0 fully saturated rings. The number of hydrogen-bond acceptors (Lipinski definition) is 0. The Hall–Kier alpha value is -2.38. The number of quaternary nitrogens is 1. The molecule has 0 aromatic heterocycles. The van der Waals surface area contributed by atoms with Crippen LogP contribution in [0.5, 0.6) is 0 Å². The van der Waals surface area contributed by atoms with Gasteiger partial charge in [-0.15, -0.1) is 0 Å². The summed E-state index contributed by atoms with van der Waals surface area (Å²) in [6.45, 7) is 15.0. The summed E-state index contributed by atoms with van der Waals surface area (Å²) in [5.41, 5.74) is 7.38. The van der Waals surface area contributed by atoms with Gasteiger partial charge in [-0.05, 0) is 86.0 Å². The van der Waals surface area contributed by atoms with Gasteiger partial charge in [-0.1, -0.05) is 99.6 Å². The first-order chi connectivity index (χ1) is 17.4. The summed E-state index contributed by atoms with van der Waals surface area (Å²) in [4.78, 5) is 0. The van der Waals surface area contributed by atoms with E-state index in [9.17, 15) is 0 Å². The Balaban J connectivity index is 1.79. The quantitative estimate of drug-likeness (QED) is 0.200. The van der Waals surface area contributed by atoms with Crippen LogP contribution in [0.1, 0.15) is 106 Å². The second-order valence-corrected chi connectivity index (χ2v) is 11.2. The van der Waals surface area contributed by atoms with E-state index in [2.05, 4.69) is 121 Å². The van der Waals surface area contributed by atoms with Gasteiger partial charge in [0.1, 0.15) is 6.54 Å². The van der Waals surface area contributed by atoms with Gasteiger partial charge >= 0.3 is 0 Å². The molecule has 1 heteroatoms. The minimum Gasteiger partial charge on any atom is -0.323 e. The first-order valence-corrected chi connectivity index (χ1v) is 14.5. The van der Waals surface area contributed by atoms with E-state index >= 15 is 0 Å². The second kappa shape index (κ2) is 13.8. The summed E-state index contributed by atoms with van der Waals surface area (Å²) in [5, 5.41) is 0. The van der Waals surface area contributed by atoms with E-state index in [1.807, 2.05) is 0 Å². The van der Waals surface area contributed by atoms with Crippen molar-refractivity contribution >= 4 is 0 Å². The average molecular weight is 485 g/mol. The molecule has 0 heterocycles. The van der Waals surface area contributed by atoms with E-state index in [1.165, 1.54) is 66.6 Å². The van der Waals surface area contributed by atoms with Crippen LogP contribution in [0.15, 0.2) is 78.9 Å². The smallest absolute Gasteiger partial charge is 0.104 e. The number of benzene rings is 3. The number of nitrogens with zero attached hydrogens (tertiary/aromatic N) is 1. The minimum absolute atomic E-state index is 0.566. The SMILES string of the molecule is CCC(C)c1ccc(CCC(CC(CC)c2ccccc2)c2ccc(C[N+](C)(CC)CC)cc2)cc1. The Bertz CT molecular complexity index is 999. The maximum atomic E-state index is 2.43. The third-order valence-electron chi connectivity index (χ3n) is 8.82. The van der Waals surface area contributed by atoms with Crippen molar-refractivity contribution in [3.05, 3.63) is 107 Å². The Labute approximate surface area is 222 Å². The van der Waals surface area contributed by atoms with Crippen molar-refractivity contribution in [1.29, 1.82) is 0 Å². The maximum Gasteiger partial charge on any atom is 0.104 e. The molecule has 36 heavy (non-hydrogen) atoms. The third-order valence-corrected chi connectivity index (χ3v) is 8.82. The van der Waals surface area contributed by atoms with Gasteiger partial charge in [0.05, 0.1) is 20.1 Å². The molecule has 0 aliphatic rings. The zero-order chi connectivity index (χ0) is 26.0. The lowest BCUT2D eigenvalue weighted by molar-refractivity contribution is -0.919. The molecule has 0 saturated carbocycles. The predicted molar refractivity (Wildman–Crippen MR) is 158 cm³/mol. The van der Waals surface area contributed by atoms with Crippen molar-refractivity contribution in [1.82, 2.24) is 0 Å². The molecule has 0 aliphatic heterocycles. The van der Waals surface area contributed by atoms with Crippen LogP contribution in [0.4, 0.5) is 0 Å². The zero-order valence-electron chi connectivity index (χ0n) is 23.8. The van der Waals surface area contributed by atoms with E-state index < -0.39 is 0 Å². The van der Waals surface area contributed by atoms with Crippen LogP contribution < -0.4 is 0 Å². The van der Waals surface area contributed by atoms with Gasteiger partial charge in [0.2, 0.25) is 0 Å². The standard InChI is InChI=1S/C35H50N/c1-7-28(5)32-21-16-29(17-22-32)18-25-35(26-31(8-2)33-14-12-11-13-15-33)34-23-19-30(20-24-34)27-36(6,9-3)10-4/h11-17,19-24,28,31,35H,7-10,18,25-27H2,1-6H3/q+1. The van der Waals surface area contributed by atoms with Crippen LogP contribution in [-0.4, -0.2) is 24.6 Å². The van der Waals surface area contributed by atoms with E-state index in [4.69, 9.17) is 0 Å². The normalized spacial score (nSPS) is 14.4. The molecule has 0 aliphatic carbocycles. The molecule has 0 radical (unpaired) electrons. The molecular formula is C35H50N+. The second-order valence-electron chi connectivity index (χ2n) is 11.2. The first-order valence-electron chi connectivity index (χ1n) is 14.5. The molecular weight excluding hydrogens is 434 g/mol. The summed E-state index contributed by atoms with van der Waals surface area (Å²) in [5.74, 6) is 1.81. The van der Waals surface area contributed by atoms with Gasteiger partial charge in [-0.25, -0.2) is 0 Å². The van der Waals surface area contributed by atoms with Crippen LogP contribution in [0.25, 0.3) is 0 Å². The molecule has 3 unspecified atom stereocenters. The lowest BCUT2D eigenvalue weighted by Gasteiger charge is -2.32. The highest BCUT2D eigenvalue weighted by Crippen LogP contribution is 2.35. The number of hydrogen-bond donors (Lipinski definition) is 0.